The number of hydrogen-bond donors (Lipinski definition) is 1. The first-order chi connectivity index (χ1) is 17.0. The summed E-state index contributed by atoms with van der Waals surface area (Å²) >= 11 is 3.25. The van der Waals surface area contributed by atoms with Crippen LogP contribution in [0.3, 0.4) is 0 Å². The molecule has 0 atom stereocenters. The number of morpholine rings is 1. The second-order valence-corrected chi connectivity index (χ2v) is 8.61. The lowest BCUT2D eigenvalue weighted by atomic mass is 10.2. The van der Waals surface area contributed by atoms with Crippen LogP contribution >= 0.6 is 15.9 Å². The molecule has 1 saturated heterocycles. The number of carbonyl (C=O) groups is 1. The summed E-state index contributed by atoms with van der Waals surface area (Å²) in [6, 6.07) is 8.15. The third-order valence-electron chi connectivity index (χ3n) is 5.36. The Hall–Kier alpha value is -3.50. The van der Waals surface area contributed by atoms with Gasteiger partial charge in [0.05, 0.1) is 37.8 Å². The molecule has 1 aliphatic rings. The molecule has 4 rings (SSSR count). The second kappa shape index (κ2) is 11.3. The number of amides is 1. The fourth-order valence-corrected chi connectivity index (χ4v) is 3.85. The predicted octanol–water partition coefficient (Wildman–Crippen LogP) is 4.98. The molecule has 0 spiro atoms. The topological polar surface area (TPSA) is 85.8 Å². The Morgan fingerprint density at radius 2 is 2.00 bits per heavy atom. The Morgan fingerprint density at radius 1 is 1.20 bits per heavy atom. The van der Waals surface area contributed by atoms with Gasteiger partial charge in [-0.1, -0.05) is 22.0 Å². The lowest BCUT2D eigenvalue weighted by molar-refractivity contribution is -0.131. The molecule has 1 aromatic heterocycles. The Morgan fingerprint density at radius 3 is 2.74 bits per heavy atom. The van der Waals surface area contributed by atoms with Crippen molar-refractivity contribution in [2.24, 2.45) is 0 Å². The minimum absolute atomic E-state index is 0.0276. The molecule has 0 saturated carbocycles. The molecule has 1 N–H and O–H groups in total. The van der Waals surface area contributed by atoms with E-state index in [2.05, 4.69) is 31.2 Å². The van der Waals surface area contributed by atoms with Crippen LogP contribution in [0.5, 0.6) is 11.5 Å². The second-order valence-electron chi connectivity index (χ2n) is 7.69. The van der Waals surface area contributed by atoms with Crippen molar-refractivity contribution in [3.8, 4) is 11.5 Å². The zero-order chi connectivity index (χ0) is 24.8. The fraction of sp³-hybridized carbons (Fsp3) is 0.240. The number of anilines is 2. The Kier molecular flexibility index (Phi) is 7.94. The number of halogens is 2. The van der Waals surface area contributed by atoms with Gasteiger partial charge in [-0.2, -0.15) is 0 Å². The number of methoxy groups -OCH3 is 1. The van der Waals surface area contributed by atoms with E-state index in [1.54, 1.807) is 48.2 Å². The summed E-state index contributed by atoms with van der Waals surface area (Å²) in [6.45, 7) is 4.05. The van der Waals surface area contributed by atoms with Gasteiger partial charge in [-0.3, -0.25) is 4.79 Å². The monoisotopic (exact) mass is 542 g/mol. The number of fused-ring (bicyclic) bond motifs is 1. The van der Waals surface area contributed by atoms with Crippen molar-refractivity contribution in [1.82, 2.24) is 14.9 Å². The molecule has 1 fully saturated rings. The van der Waals surface area contributed by atoms with Gasteiger partial charge in [0.15, 0.2) is 11.5 Å². The molecular formula is C25H24BrFN4O4. The smallest absolute Gasteiger partial charge is 0.249 e. The molecule has 8 nitrogen and oxygen atoms in total. The van der Waals surface area contributed by atoms with E-state index in [1.165, 1.54) is 25.8 Å². The molecule has 35 heavy (non-hydrogen) atoms. The predicted molar refractivity (Wildman–Crippen MR) is 134 cm³/mol. The highest BCUT2D eigenvalue weighted by Gasteiger charge is 2.17. The average Bonchev–Trinajstić information content (AvgIpc) is 2.87. The van der Waals surface area contributed by atoms with Gasteiger partial charge in [0.2, 0.25) is 5.91 Å². The van der Waals surface area contributed by atoms with Gasteiger partial charge in [-0.15, -0.1) is 0 Å². The van der Waals surface area contributed by atoms with E-state index in [9.17, 15) is 9.18 Å². The van der Waals surface area contributed by atoms with Crippen LogP contribution in [0, 0.1) is 5.82 Å². The van der Waals surface area contributed by atoms with E-state index in [1.807, 2.05) is 0 Å². The van der Waals surface area contributed by atoms with Crippen molar-refractivity contribution < 1.29 is 23.4 Å². The normalized spacial score (nSPS) is 14.4. The van der Waals surface area contributed by atoms with Gasteiger partial charge in [-0.05, 0) is 37.3 Å². The van der Waals surface area contributed by atoms with Crippen LogP contribution in [0.15, 0.2) is 65.1 Å². The zero-order valence-corrected chi connectivity index (χ0v) is 20.8. The minimum atomic E-state index is -0.418. The highest BCUT2D eigenvalue weighted by Crippen LogP contribution is 2.35. The van der Waals surface area contributed by atoms with Gasteiger partial charge >= 0.3 is 0 Å². The first kappa shape index (κ1) is 24.6. The van der Waals surface area contributed by atoms with Gasteiger partial charge in [0.1, 0.15) is 18.0 Å². The summed E-state index contributed by atoms with van der Waals surface area (Å²) < 4.78 is 31.5. The van der Waals surface area contributed by atoms with E-state index < -0.39 is 5.82 Å². The molecule has 2 aromatic carbocycles. The summed E-state index contributed by atoms with van der Waals surface area (Å²) in [5.74, 6) is 0.860. The lowest BCUT2D eigenvalue weighted by Gasteiger charge is -2.26. The van der Waals surface area contributed by atoms with Crippen LogP contribution in [0.2, 0.25) is 0 Å². The van der Waals surface area contributed by atoms with Gasteiger partial charge in [-0.25, -0.2) is 14.4 Å². The summed E-state index contributed by atoms with van der Waals surface area (Å²) in [4.78, 5) is 22.8. The van der Waals surface area contributed by atoms with Gasteiger partial charge in [0.25, 0.3) is 0 Å². The van der Waals surface area contributed by atoms with E-state index in [4.69, 9.17) is 14.2 Å². The molecule has 0 radical (unpaired) electrons. The maximum absolute atomic E-state index is 14.3. The van der Waals surface area contributed by atoms with Crippen LogP contribution in [-0.2, 0) is 9.53 Å². The van der Waals surface area contributed by atoms with Crippen LogP contribution in [0.4, 0.5) is 15.9 Å². The number of allylic oxidation sites excluding steroid dienone is 2. The Labute approximate surface area is 210 Å². The van der Waals surface area contributed by atoms with E-state index in [-0.39, 0.29) is 11.6 Å². The van der Waals surface area contributed by atoms with Crippen molar-refractivity contribution in [2.45, 2.75) is 6.92 Å². The van der Waals surface area contributed by atoms with E-state index >= 15 is 0 Å². The fourth-order valence-electron chi connectivity index (χ4n) is 3.52. The highest BCUT2D eigenvalue weighted by molar-refractivity contribution is 9.10. The molecular weight excluding hydrogens is 519 g/mol. The number of nitrogens with one attached hydrogen (secondary N) is 1. The largest absolute Gasteiger partial charge is 0.493 e. The summed E-state index contributed by atoms with van der Waals surface area (Å²) in [6.07, 6.45) is 6.21. The molecule has 0 aliphatic carbocycles. The SMILES string of the molecule is COc1cc2c(Nc3ccc(Br)cc3F)ncnc2cc1O/C=C/C=C(\C)C(=O)N1CCOCC1. The standard InChI is InChI=1S/C25H24BrFN4O4/c1-16(25(32)31-7-10-34-11-8-31)4-3-9-35-23-14-21-18(13-22(23)33-2)24(29-15-28-21)30-20-6-5-17(26)12-19(20)27/h3-6,9,12-15H,7-8,10-11H2,1-2H3,(H,28,29,30)/b9-3+,16-4+. The molecule has 2 heterocycles. The van der Waals surface area contributed by atoms with Crippen molar-refractivity contribution in [1.29, 1.82) is 0 Å². The third kappa shape index (κ3) is 5.95. The zero-order valence-electron chi connectivity index (χ0n) is 19.3. The quantitative estimate of drug-likeness (QED) is 0.256. The minimum Gasteiger partial charge on any atom is -0.493 e. The number of aromatic nitrogens is 2. The first-order valence-corrected chi connectivity index (χ1v) is 11.7. The lowest BCUT2D eigenvalue weighted by Crippen LogP contribution is -2.41. The van der Waals surface area contributed by atoms with Crippen molar-refractivity contribution >= 4 is 44.2 Å². The van der Waals surface area contributed by atoms with Crippen molar-refractivity contribution in [3.63, 3.8) is 0 Å². The molecule has 1 amide bonds. The first-order valence-electron chi connectivity index (χ1n) is 10.9. The van der Waals surface area contributed by atoms with Crippen LogP contribution in [0.25, 0.3) is 10.9 Å². The van der Waals surface area contributed by atoms with Crippen LogP contribution in [-0.4, -0.2) is 54.2 Å². The highest BCUT2D eigenvalue weighted by atomic mass is 79.9. The van der Waals surface area contributed by atoms with E-state index in [0.29, 0.717) is 64.6 Å². The maximum atomic E-state index is 14.3. The number of rotatable bonds is 7. The number of ether oxygens (including phenoxy) is 3. The average molecular weight is 543 g/mol. The summed E-state index contributed by atoms with van der Waals surface area (Å²) in [5, 5.41) is 3.64. The van der Waals surface area contributed by atoms with Crippen LogP contribution < -0.4 is 14.8 Å². The molecule has 182 valence electrons. The third-order valence-corrected chi connectivity index (χ3v) is 5.85. The molecule has 1 aliphatic heterocycles. The number of carbonyl (C=O) groups excluding carboxylic acids is 1. The molecule has 10 heteroatoms. The Balaban J connectivity index is 1.52. The van der Waals surface area contributed by atoms with Crippen molar-refractivity contribution in [3.05, 3.63) is 70.9 Å². The van der Waals surface area contributed by atoms with Gasteiger partial charge in [0, 0.05) is 34.6 Å². The Bertz CT molecular complexity index is 1290. The maximum Gasteiger partial charge on any atom is 0.249 e. The van der Waals surface area contributed by atoms with Crippen LogP contribution in [0.1, 0.15) is 6.92 Å². The number of hydrogen-bond acceptors (Lipinski definition) is 7. The van der Waals surface area contributed by atoms with Crippen molar-refractivity contribution in [2.75, 3.05) is 38.7 Å². The summed E-state index contributed by atoms with van der Waals surface area (Å²) in [5.41, 5.74) is 1.46. The molecule has 0 unspecified atom stereocenters. The molecule has 0 bridgehead atoms. The van der Waals surface area contributed by atoms with Gasteiger partial charge < -0.3 is 24.4 Å². The molecule has 3 aromatic rings. The van der Waals surface area contributed by atoms with E-state index in [0.717, 1.165) is 0 Å². The number of benzene rings is 2. The summed E-state index contributed by atoms with van der Waals surface area (Å²) in [7, 11) is 1.52. The number of nitrogens with zero attached hydrogens (tertiary/aromatic N) is 3.